The van der Waals surface area contributed by atoms with Gasteiger partial charge in [0.15, 0.2) is 5.78 Å². The van der Waals surface area contributed by atoms with Crippen molar-refractivity contribution >= 4 is 55.9 Å². The standard InChI is InChI=1S/C8H4BrClFIO/c9-5-2-6(11)7(12)1-4(5)8(13)3-10/h1-2H,3H2. The van der Waals surface area contributed by atoms with E-state index in [1.165, 1.54) is 12.1 Å². The third-order valence-corrected chi connectivity index (χ3v) is 3.16. The van der Waals surface area contributed by atoms with E-state index in [0.29, 0.717) is 13.6 Å². The molecule has 0 aliphatic carbocycles. The Morgan fingerprint density at radius 1 is 1.62 bits per heavy atom. The van der Waals surface area contributed by atoms with E-state index < -0.39 is 0 Å². The highest BCUT2D eigenvalue weighted by atomic mass is 127. The minimum atomic E-state index is -0.349. The van der Waals surface area contributed by atoms with Gasteiger partial charge in [0.05, 0.1) is 5.88 Å². The zero-order valence-electron chi connectivity index (χ0n) is 6.28. The van der Waals surface area contributed by atoms with Crippen molar-refractivity contribution in [2.45, 2.75) is 0 Å². The molecule has 0 fully saturated rings. The number of hydrogen-bond acceptors (Lipinski definition) is 1. The van der Waals surface area contributed by atoms with Crippen LogP contribution in [-0.4, -0.2) is 11.7 Å². The Labute approximate surface area is 102 Å². The lowest BCUT2D eigenvalue weighted by Crippen LogP contribution is -2.02. The van der Waals surface area contributed by atoms with Gasteiger partial charge in [0.2, 0.25) is 0 Å². The number of rotatable bonds is 2. The molecule has 0 radical (unpaired) electrons. The molecule has 5 heteroatoms. The fourth-order valence-electron chi connectivity index (χ4n) is 0.808. The number of benzene rings is 1. The maximum Gasteiger partial charge on any atom is 0.178 e. The van der Waals surface area contributed by atoms with Crippen molar-refractivity contribution in [2.24, 2.45) is 0 Å². The summed E-state index contributed by atoms with van der Waals surface area (Å²) in [4.78, 5) is 11.2. The minimum Gasteiger partial charge on any atom is -0.293 e. The summed E-state index contributed by atoms with van der Waals surface area (Å²) in [5, 5.41) is 0. The Balaban J connectivity index is 3.23. The van der Waals surface area contributed by atoms with E-state index >= 15 is 0 Å². The van der Waals surface area contributed by atoms with Crippen LogP contribution in [0.25, 0.3) is 0 Å². The molecule has 1 aromatic rings. The Kier molecular flexibility index (Phi) is 4.12. The second-order valence-electron chi connectivity index (χ2n) is 2.30. The van der Waals surface area contributed by atoms with Gasteiger partial charge in [0.25, 0.3) is 0 Å². The van der Waals surface area contributed by atoms with Crippen LogP contribution in [0, 0.1) is 9.39 Å². The second kappa shape index (κ2) is 4.70. The third kappa shape index (κ3) is 2.63. The lowest BCUT2D eigenvalue weighted by Gasteiger charge is -2.02. The Morgan fingerprint density at radius 2 is 2.23 bits per heavy atom. The van der Waals surface area contributed by atoms with Crippen molar-refractivity contribution in [2.75, 3.05) is 5.88 Å². The van der Waals surface area contributed by atoms with Crippen LogP contribution in [0.4, 0.5) is 4.39 Å². The van der Waals surface area contributed by atoms with Crippen LogP contribution in [0.1, 0.15) is 10.4 Å². The van der Waals surface area contributed by atoms with Crippen LogP contribution in [-0.2, 0) is 0 Å². The maximum atomic E-state index is 12.9. The molecule has 0 spiro atoms. The summed E-state index contributed by atoms with van der Waals surface area (Å²) in [6.45, 7) is 0. The summed E-state index contributed by atoms with van der Waals surface area (Å²) in [7, 11) is 0. The fourth-order valence-corrected chi connectivity index (χ4v) is 1.96. The lowest BCUT2D eigenvalue weighted by atomic mass is 10.1. The maximum absolute atomic E-state index is 12.9. The largest absolute Gasteiger partial charge is 0.293 e. The molecule has 0 heterocycles. The number of Topliss-reactive ketones (excluding diaryl/α,β-unsaturated/α-hetero) is 1. The molecule has 0 bridgehead atoms. The van der Waals surface area contributed by atoms with E-state index in [-0.39, 0.29) is 17.5 Å². The predicted molar refractivity (Wildman–Crippen MR) is 61.9 cm³/mol. The minimum absolute atomic E-state index is 0.0969. The van der Waals surface area contributed by atoms with Gasteiger partial charge in [-0.3, -0.25) is 4.79 Å². The number of hydrogen-bond donors (Lipinski definition) is 0. The Bertz CT molecular complexity index is 356. The molecular weight excluding hydrogens is 373 g/mol. The third-order valence-electron chi connectivity index (χ3n) is 1.43. The monoisotopic (exact) mass is 376 g/mol. The van der Waals surface area contributed by atoms with E-state index in [0.717, 1.165) is 0 Å². The zero-order chi connectivity index (χ0) is 10.0. The Hall–Kier alpha value is 0.320. The number of ketones is 1. The van der Waals surface area contributed by atoms with Gasteiger partial charge in [-0.2, -0.15) is 0 Å². The molecule has 0 atom stereocenters. The molecule has 1 aromatic carbocycles. The average molecular weight is 377 g/mol. The summed E-state index contributed by atoms with van der Waals surface area (Å²) < 4.78 is 13.8. The van der Waals surface area contributed by atoms with Gasteiger partial charge >= 0.3 is 0 Å². The SMILES string of the molecule is O=C(CCl)c1cc(I)c(F)cc1Br. The van der Waals surface area contributed by atoms with E-state index in [1.54, 1.807) is 0 Å². The van der Waals surface area contributed by atoms with Crippen molar-refractivity contribution in [3.63, 3.8) is 0 Å². The molecule has 70 valence electrons. The molecule has 1 rings (SSSR count). The van der Waals surface area contributed by atoms with Crippen LogP contribution in [0.15, 0.2) is 16.6 Å². The molecule has 0 N–H and O–H groups in total. The molecule has 0 saturated heterocycles. The smallest absolute Gasteiger partial charge is 0.178 e. The van der Waals surface area contributed by atoms with Crippen LogP contribution in [0.2, 0.25) is 0 Å². The molecule has 0 amide bonds. The van der Waals surface area contributed by atoms with Crippen molar-refractivity contribution in [1.29, 1.82) is 0 Å². The quantitative estimate of drug-likeness (QED) is 0.333. The number of halogens is 4. The molecule has 13 heavy (non-hydrogen) atoms. The molecule has 0 aromatic heterocycles. The Morgan fingerprint density at radius 3 is 2.77 bits per heavy atom. The summed E-state index contributed by atoms with van der Waals surface area (Å²) in [5.74, 6) is -0.662. The highest BCUT2D eigenvalue weighted by Gasteiger charge is 2.12. The van der Waals surface area contributed by atoms with E-state index in [2.05, 4.69) is 15.9 Å². The van der Waals surface area contributed by atoms with Crippen molar-refractivity contribution in [3.8, 4) is 0 Å². The highest BCUT2D eigenvalue weighted by Crippen LogP contribution is 2.23. The van der Waals surface area contributed by atoms with Crippen LogP contribution < -0.4 is 0 Å². The normalized spacial score (nSPS) is 10.2. The van der Waals surface area contributed by atoms with Gasteiger partial charge < -0.3 is 0 Å². The summed E-state index contributed by atoms with van der Waals surface area (Å²) >= 11 is 10.3. The van der Waals surface area contributed by atoms with Gasteiger partial charge in [-0.05, 0) is 50.7 Å². The van der Waals surface area contributed by atoms with E-state index in [9.17, 15) is 9.18 Å². The molecular formula is C8H4BrClFIO. The number of alkyl halides is 1. The predicted octanol–water partition coefficient (Wildman–Crippen LogP) is 3.61. The van der Waals surface area contributed by atoms with Gasteiger partial charge in [-0.1, -0.05) is 0 Å². The topological polar surface area (TPSA) is 17.1 Å². The van der Waals surface area contributed by atoms with Crippen molar-refractivity contribution in [1.82, 2.24) is 0 Å². The van der Waals surface area contributed by atoms with Gasteiger partial charge in [0.1, 0.15) is 5.82 Å². The molecule has 0 aliphatic rings. The van der Waals surface area contributed by atoms with Crippen molar-refractivity contribution in [3.05, 3.63) is 31.6 Å². The average Bonchev–Trinajstić information content (AvgIpc) is 2.10. The second-order valence-corrected chi connectivity index (χ2v) is 4.59. The van der Waals surface area contributed by atoms with Crippen molar-refractivity contribution < 1.29 is 9.18 Å². The molecule has 0 unspecified atom stereocenters. The molecule has 0 saturated carbocycles. The number of carbonyl (C=O) groups is 1. The molecule has 1 nitrogen and oxygen atoms in total. The number of carbonyl (C=O) groups excluding carboxylic acids is 1. The van der Waals surface area contributed by atoms with E-state index in [1.807, 2.05) is 22.6 Å². The zero-order valence-corrected chi connectivity index (χ0v) is 10.8. The van der Waals surface area contributed by atoms with E-state index in [4.69, 9.17) is 11.6 Å². The van der Waals surface area contributed by atoms with Crippen LogP contribution >= 0.6 is 50.1 Å². The lowest BCUT2D eigenvalue weighted by molar-refractivity contribution is 0.102. The van der Waals surface area contributed by atoms with Gasteiger partial charge in [-0.15, -0.1) is 11.6 Å². The first-order valence-corrected chi connectivity index (χ1v) is 5.70. The first-order chi connectivity index (χ1) is 6.06. The van der Waals surface area contributed by atoms with Crippen LogP contribution in [0.3, 0.4) is 0 Å². The fraction of sp³-hybridized carbons (Fsp3) is 0.125. The van der Waals surface area contributed by atoms with Crippen LogP contribution in [0.5, 0.6) is 0 Å². The van der Waals surface area contributed by atoms with Gasteiger partial charge in [0, 0.05) is 13.6 Å². The summed E-state index contributed by atoms with van der Waals surface area (Å²) in [6.07, 6.45) is 0. The van der Waals surface area contributed by atoms with Gasteiger partial charge in [-0.25, -0.2) is 4.39 Å². The highest BCUT2D eigenvalue weighted by molar-refractivity contribution is 14.1. The molecule has 0 aliphatic heterocycles. The first kappa shape index (κ1) is 11.4. The summed E-state index contributed by atoms with van der Waals surface area (Å²) in [6, 6.07) is 2.74. The first-order valence-electron chi connectivity index (χ1n) is 3.30. The summed E-state index contributed by atoms with van der Waals surface area (Å²) in [5.41, 5.74) is 0.417.